The van der Waals surface area contributed by atoms with Crippen LogP contribution in [0.3, 0.4) is 0 Å². The summed E-state index contributed by atoms with van der Waals surface area (Å²) in [7, 11) is 1.85. The molecule has 0 saturated heterocycles. The molecule has 0 aliphatic carbocycles. The van der Waals surface area contributed by atoms with Gasteiger partial charge < -0.3 is 10.1 Å². The van der Waals surface area contributed by atoms with Crippen molar-refractivity contribution >= 4 is 39.1 Å². The number of nitrogens with zero attached hydrogens (tertiary/aromatic N) is 2. The molecule has 2 rings (SSSR count). The van der Waals surface area contributed by atoms with Crippen LogP contribution >= 0.6 is 34.1 Å². The van der Waals surface area contributed by atoms with Crippen molar-refractivity contribution in [3.63, 3.8) is 0 Å². The molecule has 16 heavy (non-hydrogen) atoms. The zero-order chi connectivity index (χ0) is 11.4. The van der Waals surface area contributed by atoms with Gasteiger partial charge in [-0.05, 0) is 46.9 Å². The Morgan fingerprint density at radius 1 is 1.38 bits per heavy atom. The SMILES string of the molecule is CNc1snnc1COc1ccc(I)cc1. The lowest BCUT2D eigenvalue weighted by Crippen LogP contribution is -1.99. The van der Waals surface area contributed by atoms with Gasteiger partial charge in [0, 0.05) is 22.2 Å². The van der Waals surface area contributed by atoms with Crippen molar-refractivity contribution in [3.8, 4) is 5.75 Å². The van der Waals surface area contributed by atoms with Crippen molar-refractivity contribution in [2.24, 2.45) is 0 Å². The fourth-order valence-corrected chi connectivity index (χ4v) is 2.05. The molecular weight excluding hydrogens is 337 g/mol. The third-order valence-corrected chi connectivity index (χ3v) is 3.48. The Balaban J connectivity index is 1.99. The number of nitrogens with one attached hydrogen (secondary N) is 1. The quantitative estimate of drug-likeness (QED) is 0.864. The highest BCUT2D eigenvalue weighted by atomic mass is 127. The van der Waals surface area contributed by atoms with Crippen LogP contribution in [-0.2, 0) is 6.61 Å². The number of rotatable bonds is 4. The second-order valence-electron chi connectivity index (χ2n) is 3.04. The molecule has 0 saturated carbocycles. The topological polar surface area (TPSA) is 47.0 Å². The molecule has 0 unspecified atom stereocenters. The highest BCUT2D eigenvalue weighted by Crippen LogP contribution is 2.20. The summed E-state index contributed by atoms with van der Waals surface area (Å²) in [6.07, 6.45) is 0. The van der Waals surface area contributed by atoms with Crippen molar-refractivity contribution in [2.75, 3.05) is 12.4 Å². The minimum atomic E-state index is 0.438. The minimum Gasteiger partial charge on any atom is -0.487 e. The summed E-state index contributed by atoms with van der Waals surface area (Å²) < 4.78 is 10.7. The molecule has 1 N–H and O–H groups in total. The van der Waals surface area contributed by atoms with Crippen molar-refractivity contribution in [2.45, 2.75) is 6.61 Å². The largest absolute Gasteiger partial charge is 0.487 e. The third-order valence-electron chi connectivity index (χ3n) is 1.97. The standard InChI is InChI=1S/C10H10IN3OS/c1-12-10-9(13-14-16-10)6-15-8-4-2-7(11)3-5-8/h2-5,12H,6H2,1H3. The second-order valence-corrected chi connectivity index (χ2v) is 5.04. The Morgan fingerprint density at radius 3 is 2.81 bits per heavy atom. The number of anilines is 1. The van der Waals surface area contributed by atoms with E-state index in [-0.39, 0.29) is 0 Å². The molecule has 1 aromatic heterocycles. The monoisotopic (exact) mass is 347 g/mol. The average Bonchev–Trinajstić information content (AvgIpc) is 2.76. The normalized spacial score (nSPS) is 10.1. The summed E-state index contributed by atoms with van der Waals surface area (Å²) >= 11 is 3.59. The molecule has 0 amide bonds. The van der Waals surface area contributed by atoms with E-state index in [0.29, 0.717) is 6.61 Å². The van der Waals surface area contributed by atoms with Gasteiger partial charge in [-0.15, -0.1) is 5.10 Å². The highest BCUT2D eigenvalue weighted by Gasteiger charge is 2.06. The van der Waals surface area contributed by atoms with Gasteiger partial charge in [0.05, 0.1) is 0 Å². The summed E-state index contributed by atoms with van der Waals surface area (Å²) in [5.74, 6) is 0.843. The molecule has 1 aromatic carbocycles. The molecule has 0 atom stereocenters. The molecular formula is C10H10IN3OS. The van der Waals surface area contributed by atoms with Crippen molar-refractivity contribution in [1.29, 1.82) is 0 Å². The Labute approximate surface area is 111 Å². The maximum Gasteiger partial charge on any atom is 0.136 e. The molecule has 6 heteroatoms. The van der Waals surface area contributed by atoms with Crippen molar-refractivity contribution in [1.82, 2.24) is 9.59 Å². The first kappa shape index (κ1) is 11.6. The number of halogens is 1. The Kier molecular flexibility index (Phi) is 3.94. The first-order valence-corrected chi connectivity index (χ1v) is 6.52. The summed E-state index contributed by atoms with van der Waals surface area (Å²) in [5.41, 5.74) is 0.839. The van der Waals surface area contributed by atoms with E-state index in [1.807, 2.05) is 31.3 Å². The van der Waals surface area contributed by atoms with E-state index in [0.717, 1.165) is 16.4 Å². The van der Waals surface area contributed by atoms with E-state index < -0.39 is 0 Å². The minimum absolute atomic E-state index is 0.438. The number of benzene rings is 1. The summed E-state index contributed by atoms with van der Waals surface area (Å²) in [6.45, 7) is 0.438. The number of hydrogen-bond acceptors (Lipinski definition) is 5. The average molecular weight is 347 g/mol. The van der Waals surface area contributed by atoms with E-state index >= 15 is 0 Å². The molecule has 4 nitrogen and oxygen atoms in total. The Hall–Kier alpha value is -0.890. The van der Waals surface area contributed by atoms with Gasteiger partial charge in [0.15, 0.2) is 0 Å². The molecule has 0 radical (unpaired) electrons. The van der Waals surface area contributed by atoms with Crippen molar-refractivity contribution in [3.05, 3.63) is 33.5 Å². The fraction of sp³-hybridized carbons (Fsp3) is 0.200. The van der Waals surface area contributed by atoms with Gasteiger partial charge in [0.2, 0.25) is 0 Å². The van der Waals surface area contributed by atoms with Gasteiger partial charge in [-0.1, -0.05) is 4.49 Å². The second kappa shape index (κ2) is 5.44. The third kappa shape index (κ3) is 2.82. The fourth-order valence-electron chi connectivity index (χ4n) is 1.18. The summed E-state index contributed by atoms with van der Waals surface area (Å²) in [4.78, 5) is 0. The van der Waals surface area contributed by atoms with Gasteiger partial charge in [0.1, 0.15) is 23.1 Å². The van der Waals surface area contributed by atoms with Gasteiger partial charge in [-0.25, -0.2) is 0 Å². The van der Waals surface area contributed by atoms with Gasteiger partial charge in [0.25, 0.3) is 0 Å². The molecule has 0 aliphatic heterocycles. The van der Waals surface area contributed by atoms with E-state index in [9.17, 15) is 0 Å². The first-order valence-electron chi connectivity index (χ1n) is 4.67. The molecule has 0 fully saturated rings. The van der Waals surface area contributed by atoms with Crippen LogP contribution in [-0.4, -0.2) is 16.6 Å². The van der Waals surface area contributed by atoms with Crippen LogP contribution in [0.2, 0.25) is 0 Å². The van der Waals surface area contributed by atoms with E-state index in [4.69, 9.17) is 4.74 Å². The maximum atomic E-state index is 5.61. The Morgan fingerprint density at radius 2 is 2.12 bits per heavy atom. The summed E-state index contributed by atoms with van der Waals surface area (Å²) in [6, 6.07) is 7.91. The van der Waals surface area contributed by atoms with Gasteiger partial charge >= 0.3 is 0 Å². The molecule has 0 aliphatic rings. The lowest BCUT2D eigenvalue weighted by molar-refractivity contribution is 0.301. The lowest BCUT2D eigenvalue weighted by Gasteiger charge is -2.05. The van der Waals surface area contributed by atoms with Gasteiger partial charge in [-0.2, -0.15) is 0 Å². The van der Waals surface area contributed by atoms with E-state index in [1.54, 1.807) is 0 Å². The molecule has 0 bridgehead atoms. The molecule has 2 aromatic rings. The molecule has 1 heterocycles. The van der Waals surface area contributed by atoms with Crippen LogP contribution in [0.25, 0.3) is 0 Å². The smallest absolute Gasteiger partial charge is 0.136 e. The Bertz CT molecular complexity index is 457. The first-order chi connectivity index (χ1) is 7.79. The predicted octanol–water partition coefficient (Wildman–Crippen LogP) is 2.76. The van der Waals surface area contributed by atoms with Crippen LogP contribution in [0.1, 0.15) is 5.69 Å². The number of aromatic nitrogens is 2. The molecule has 0 spiro atoms. The number of ether oxygens (including phenoxy) is 1. The predicted molar refractivity (Wildman–Crippen MR) is 72.9 cm³/mol. The maximum absolute atomic E-state index is 5.61. The summed E-state index contributed by atoms with van der Waals surface area (Å²) in [5, 5.41) is 7.98. The van der Waals surface area contributed by atoms with E-state index in [1.165, 1.54) is 15.1 Å². The van der Waals surface area contributed by atoms with Gasteiger partial charge in [-0.3, -0.25) is 0 Å². The van der Waals surface area contributed by atoms with Crippen LogP contribution in [0.4, 0.5) is 5.00 Å². The van der Waals surface area contributed by atoms with Crippen LogP contribution < -0.4 is 10.1 Å². The van der Waals surface area contributed by atoms with E-state index in [2.05, 4.69) is 37.5 Å². The molecule has 84 valence electrons. The van der Waals surface area contributed by atoms with Crippen LogP contribution in [0, 0.1) is 3.57 Å². The van der Waals surface area contributed by atoms with Crippen molar-refractivity contribution < 1.29 is 4.74 Å². The zero-order valence-corrected chi connectivity index (χ0v) is 11.6. The van der Waals surface area contributed by atoms with Crippen LogP contribution in [0.15, 0.2) is 24.3 Å². The highest BCUT2D eigenvalue weighted by molar-refractivity contribution is 14.1. The van der Waals surface area contributed by atoms with Crippen LogP contribution in [0.5, 0.6) is 5.75 Å². The number of hydrogen-bond donors (Lipinski definition) is 1. The zero-order valence-electron chi connectivity index (χ0n) is 8.61. The lowest BCUT2D eigenvalue weighted by atomic mass is 10.3.